The van der Waals surface area contributed by atoms with E-state index in [1.54, 1.807) is 18.3 Å². The maximum atomic E-state index is 8.96. The van der Waals surface area contributed by atoms with E-state index in [1.165, 1.54) is 13.4 Å². The summed E-state index contributed by atoms with van der Waals surface area (Å²) in [7, 11) is 1.52. The van der Waals surface area contributed by atoms with Gasteiger partial charge < -0.3 is 9.84 Å². The van der Waals surface area contributed by atoms with Crippen LogP contribution in [0.5, 0.6) is 5.88 Å². The van der Waals surface area contributed by atoms with Gasteiger partial charge in [0.25, 0.3) is 0 Å². The van der Waals surface area contributed by atoms with Gasteiger partial charge in [0.1, 0.15) is 12.0 Å². The summed E-state index contributed by atoms with van der Waals surface area (Å²) in [5.41, 5.74) is 1.10. The first kappa shape index (κ1) is 10.4. The minimum atomic E-state index is -0.127. The molecule has 1 N–H and O–H groups in total. The molecule has 0 bridgehead atoms. The lowest BCUT2D eigenvalue weighted by Gasteiger charge is -2.02. The number of hydrogen-bond acceptors (Lipinski definition) is 6. The molecule has 0 aliphatic heterocycles. The van der Waals surface area contributed by atoms with Crippen LogP contribution in [0.3, 0.4) is 0 Å². The van der Waals surface area contributed by atoms with Gasteiger partial charge in [0.15, 0.2) is 5.82 Å². The third-order valence-electron chi connectivity index (χ3n) is 1.96. The van der Waals surface area contributed by atoms with Crippen molar-refractivity contribution in [2.75, 3.05) is 7.11 Å². The van der Waals surface area contributed by atoms with Gasteiger partial charge in [-0.1, -0.05) is 0 Å². The number of aliphatic hydroxyl groups excluding tert-OH is 1. The van der Waals surface area contributed by atoms with E-state index in [0.717, 1.165) is 0 Å². The fraction of sp³-hybridized carbons (Fsp3) is 0.200. The molecule has 0 saturated carbocycles. The fourth-order valence-corrected chi connectivity index (χ4v) is 1.18. The largest absolute Gasteiger partial charge is 0.481 e. The fourth-order valence-electron chi connectivity index (χ4n) is 1.18. The van der Waals surface area contributed by atoms with Gasteiger partial charge in [0.2, 0.25) is 5.88 Å². The smallest absolute Gasteiger partial charge is 0.216 e. The molecule has 0 spiro atoms. The van der Waals surface area contributed by atoms with Crippen LogP contribution >= 0.6 is 0 Å². The van der Waals surface area contributed by atoms with Crippen molar-refractivity contribution >= 4 is 0 Å². The van der Waals surface area contributed by atoms with Crippen LogP contribution in [0, 0.1) is 0 Å². The molecule has 0 radical (unpaired) electrons. The van der Waals surface area contributed by atoms with E-state index in [-0.39, 0.29) is 6.61 Å². The van der Waals surface area contributed by atoms with Gasteiger partial charge in [-0.25, -0.2) is 19.9 Å². The summed E-state index contributed by atoms with van der Waals surface area (Å²) in [5, 5.41) is 8.96. The van der Waals surface area contributed by atoms with E-state index in [4.69, 9.17) is 9.84 Å². The Morgan fingerprint density at radius 2 is 2.19 bits per heavy atom. The molecular formula is C10H10N4O2. The van der Waals surface area contributed by atoms with Gasteiger partial charge in [-0.2, -0.15) is 0 Å². The molecule has 2 heterocycles. The summed E-state index contributed by atoms with van der Waals surface area (Å²) in [5.74, 6) is 0.884. The summed E-state index contributed by atoms with van der Waals surface area (Å²) >= 11 is 0. The normalized spacial score (nSPS) is 10.1. The predicted molar refractivity (Wildman–Crippen MR) is 55.5 cm³/mol. The Morgan fingerprint density at radius 3 is 2.94 bits per heavy atom. The highest BCUT2D eigenvalue weighted by Gasteiger charge is 2.05. The average Bonchev–Trinajstić information content (AvgIpc) is 2.39. The zero-order valence-electron chi connectivity index (χ0n) is 8.66. The molecule has 0 amide bonds. The van der Waals surface area contributed by atoms with Crippen molar-refractivity contribution in [2.24, 2.45) is 0 Å². The maximum Gasteiger partial charge on any atom is 0.216 e. The van der Waals surface area contributed by atoms with Gasteiger partial charge in [0.05, 0.1) is 19.4 Å². The lowest BCUT2D eigenvalue weighted by atomic mass is 10.3. The molecule has 6 nitrogen and oxygen atoms in total. The molecule has 0 aromatic carbocycles. The number of rotatable bonds is 3. The Labute approximate surface area is 92.0 Å². The molecule has 0 saturated heterocycles. The van der Waals surface area contributed by atoms with Crippen LogP contribution in [0.4, 0.5) is 0 Å². The topological polar surface area (TPSA) is 81.0 Å². The van der Waals surface area contributed by atoms with Crippen LogP contribution in [-0.2, 0) is 6.61 Å². The van der Waals surface area contributed by atoms with Crippen LogP contribution in [0.25, 0.3) is 11.5 Å². The Hall–Kier alpha value is -2.08. The van der Waals surface area contributed by atoms with E-state index in [1.807, 2.05) is 0 Å². The van der Waals surface area contributed by atoms with E-state index in [2.05, 4.69) is 19.9 Å². The molecule has 0 fully saturated rings. The number of nitrogens with zero attached hydrogens (tertiary/aromatic N) is 4. The first-order valence-electron chi connectivity index (χ1n) is 4.62. The monoisotopic (exact) mass is 218 g/mol. The second-order valence-corrected chi connectivity index (χ2v) is 2.98. The van der Waals surface area contributed by atoms with Crippen molar-refractivity contribution in [1.82, 2.24) is 19.9 Å². The van der Waals surface area contributed by atoms with Crippen molar-refractivity contribution in [3.8, 4) is 17.4 Å². The molecule has 2 rings (SSSR count). The molecule has 2 aromatic heterocycles. The van der Waals surface area contributed by atoms with Crippen molar-refractivity contribution < 1.29 is 9.84 Å². The molecule has 2 aromatic rings. The Morgan fingerprint density at radius 1 is 1.31 bits per heavy atom. The zero-order valence-corrected chi connectivity index (χ0v) is 8.66. The van der Waals surface area contributed by atoms with Crippen LogP contribution in [0.15, 0.2) is 24.7 Å². The molecular weight excluding hydrogens is 208 g/mol. The Bertz CT molecular complexity index is 444. The van der Waals surface area contributed by atoms with Crippen LogP contribution < -0.4 is 4.74 Å². The molecule has 16 heavy (non-hydrogen) atoms. The quantitative estimate of drug-likeness (QED) is 0.804. The first-order valence-corrected chi connectivity index (χ1v) is 4.62. The molecule has 0 aliphatic carbocycles. The summed E-state index contributed by atoms with van der Waals surface area (Å²) in [6, 6.07) is 3.28. The van der Waals surface area contributed by atoms with Gasteiger partial charge in [-0.15, -0.1) is 0 Å². The number of methoxy groups -OCH3 is 1. The highest BCUT2D eigenvalue weighted by atomic mass is 16.5. The van der Waals surface area contributed by atoms with Gasteiger partial charge in [-0.05, 0) is 6.07 Å². The van der Waals surface area contributed by atoms with E-state index < -0.39 is 0 Å². The first-order chi connectivity index (χ1) is 7.83. The average molecular weight is 218 g/mol. The molecule has 82 valence electrons. The highest BCUT2D eigenvalue weighted by Crippen LogP contribution is 2.15. The van der Waals surface area contributed by atoms with Crippen molar-refractivity contribution in [2.45, 2.75) is 6.61 Å². The predicted octanol–water partition coefficient (Wildman–Crippen LogP) is 0.434. The Kier molecular flexibility index (Phi) is 3.02. The number of hydrogen-bond donors (Lipinski definition) is 1. The standard InChI is InChI=1S/C10H10N4O2/c1-16-9-4-8(12-6-13-9)10-11-3-2-7(5-15)14-10/h2-4,6,15H,5H2,1H3. The van der Waals surface area contributed by atoms with Crippen molar-refractivity contribution in [3.05, 3.63) is 30.4 Å². The molecule has 0 aliphatic rings. The minimum absolute atomic E-state index is 0.127. The van der Waals surface area contributed by atoms with Gasteiger partial charge in [0, 0.05) is 12.3 Å². The lowest BCUT2D eigenvalue weighted by Crippen LogP contribution is -1.97. The summed E-state index contributed by atoms with van der Waals surface area (Å²) in [6.07, 6.45) is 2.95. The molecule has 0 atom stereocenters. The molecule has 0 unspecified atom stereocenters. The number of aromatic nitrogens is 4. The Balaban J connectivity index is 2.41. The van der Waals surface area contributed by atoms with Gasteiger partial charge in [-0.3, -0.25) is 0 Å². The minimum Gasteiger partial charge on any atom is -0.481 e. The SMILES string of the molecule is COc1cc(-c2nccc(CO)n2)ncn1. The summed E-state index contributed by atoms with van der Waals surface area (Å²) in [4.78, 5) is 16.1. The maximum absolute atomic E-state index is 8.96. The van der Waals surface area contributed by atoms with Crippen molar-refractivity contribution in [1.29, 1.82) is 0 Å². The van der Waals surface area contributed by atoms with Crippen LogP contribution in [0.1, 0.15) is 5.69 Å². The highest BCUT2D eigenvalue weighted by molar-refractivity contribution is 5.49. The second-order valence-electron chi connectivity index (χ2n) is 2.98. The summed E-state index contributed by atoms with van der Waals surface area (Å²) in [6.45, 7) is -0.127. The van der Waals surface area contributed by atoms with E-state index in [9.17, 15) is 0 Å². The van der Waals surface area contributed by atoms with E-state index in [0.29, 0.717) is 23.1 Å². The third kappa shape index (κ3) is 2.12. The summed E-state index contributed by atoms with van der Waals surface area (Å²) < 4.78 is 4.98. The van der Waals surface area contributed by atoms with Gasteiger partial charge >= 0.3 is 0 Å². The van der Waals surface area contributed by atoms with Crippen molar-refractivity contribution in [3.63, 3.8) is 0 Å². The zero-order chi connectivity index (χ0) is 11.4. The number of aliphatic hydroxyl groups is 1. The third-order valence-corrected chi connectivity index (χ3v) is 1.96. The van der Waals surface area contributed by atoms with Crippen LogP contribution in [0.2, 0.25) is 0 Å². The molecule has 6 heteroatoms. The van der Waals surface area contributed by atoms with E-state index >= 15 is 0 Å². The lowest BCUT2D eigenvalue weighted by molar-refractivity contribution is 0.277. The second kappa shape index (κ2) is 4.63. The number of ether oxygens (including phenoxy) is 1. The van der Waals surface area contributed by atoms with Crippen LogP contribution in [-0.4, -0.2) is 32.2 Å².